The third-order valence-electron chi connectivity index (χ3n) is 2.72. The van der Waals surface area contributed by atoms with E-state index >= 15 is 0 Å². The van der Waals surface area contributed by atoms with Gasteiger partial charge in [0.1, 0.15) is 22.0 Å². The van der Waals surface area contributed by atoms with Crippen LogP contribution in [0.3, 0.4) is 0 Å². The van der Waals surface area contributed by atoms with Crippen molar-refractivity contribution in [2.24, 2.45) is 0 Å². The average Bonchev–Trinajstić information content (AvgIpc) is 2.61. The summed E-state index contributed by atoms with van der Waals surface area (Å²) in [5.41, 5.74) is -0.377. The first-order valence-electron chi connectivity index (χ1n) is 5.71. The molecule has 108 valence electrons. The van der Waals surface area contributed by atoms with Gasteiger partial charge >= 0.3 is 5.97 Å². The Bertz CT molecular complexity index is 570. The highest BCUT2D eigenvalue weighted by Gasteiger charge is 2.31. The highest BCUT2D eigenvalue weighted by molar-refractivity contribution is 7.89. The van der Waals surface area contributed by atoms with Gasteiger partial charge in [0, 0.05) is 6.04 Å². The fraction of sp³-hybridized carbons (Fsp3) is 0.545. The van der Waals surface area contributed by atoms with Crippen molar-refractivity contribution in [2.45, 2.75) is 38.1 Å². The van der Waals surface area contributed by atoms with E-state index in [1.807, 2.05) is 0 Å². The second-order valence-electron chi connectivity index (χ2n) is 4.13. The van der Waals surface area contributed by atoms with E-state index in [4.69, 9.17) is 14.6 Å². The number of rotatable bonds is 6. The van der Waals surface area contributed by atoms with Crippen molar-refractivity contribution in [3.8, 4) is 0 Å². The summed E-state index contributed by atoms with van der Waals surface area (Å²) >= 11 is 0. The lowest BCUT2D eigenvalue weighted by Gasteiger charge is -2.14. The lowest BCUT2D eigenvalue weighted by Crippen LogP contribution is -2.37. The Morgan fingerprint density at radius 2 is 1.95 bits per heavy atom. The number of hydrogen-bond donors (Lipinski definition) is 3. The molecule has 0 aromatic carbocycles. The van der Waals surface area contributed by atoms with E-state index in [0.29, 0.717) is 6.42 Å². The van der Waals surface area contributed by atoms with E-state index in [0.717, 1.165) is 0 Å². The lowest BCUT2D eigenvalue weighted by molar-refractivity contribution is 0.0691. The maximum absolute atomic E-state index is 12.2. The summed E-state index contributed by atoms with van der Waals surface area (Å²) in [4.78, 5) is 10.7. The molecule has 1 aromatic rings. The lowest BCUT2D eigenvalue weighted by atomic mass is 10.2. The number of aliphatic hydroxyl groups is 1. The maximum Gasteiger partial charge on any atom is 0.340 e. The molecule has 7 nitrogen and oxygen atoms in total. The minimum absolute atomic E-state index is 0.00944. The van der Waals surface area contributed by atoms with Crippen LogP contribution in [0.25, 0.3) is 0 Å². The van der Waals surface area contributed by atoms with E-state index in [-0.39, 0.29) is 28.6 Å². The number of carboxylic acids is 1. The summed E-state index contributed by atoms with van der Waals surface area (Å²) in [6, 6.07) is -0.666. The number of hydrogen-bond acceptors (Lipinski definition) is 5. The van der Waals surface area contributed by atoms with Crippen molar-refractivity contribution in [1.29, 1.82) is 0 Å². The van der Waals surface area contributed by atoms with Crippen molar-refractivity contribution in [2.75, 3.05) is 6.61 Å². The molecule has 1 aromatic heterocycles. The molecule has 3 N–H and O–H groups in total. The van der Waals surface area contributed by atoms with Crippen LogP contribution < -0.4 is 4.72 Å². The summed E-state index contributed by atoms with van der Waals surface area (Å²) in [6.07, 6.45) is 0.383. The van der Waals surface area contributed by atoms with Gasteiger partial charge in [0.15, 0.2) is 0 Å². The van der Waals surface area contributed by atoms with Gasteiger partial charge < -0.3 is 14.6 Å². The van der Waals surface area contributed by atoms with Crippen LogP contribution in [0, 0.1) is 13.8 Å². The van der Waals surface area contributed by atoms with Crippen LogP contribution in [0.15, 0.2) is 9.31 Å². The largest absolute Gasteiger partial charge is 0.478 e. The van der Waals surface area contributed by atoms with Gasteiger partial charge in [0.25, 0.3) is 0 Å². The van der Waals surface area contributed by atoms with E-state index in [2.05, 4.69) is 4.72 Å². The molecular formula is C11H17NO6S. The standard InChI is InChI=1S/C11H17NO6S/c1-4-8(5-13)12-19(16,17)10-7(3)18-6(2)9(10)11(14)15/h8,12-13H,4-5H2,1-3H3,(H,14,15). The van der Waals surface area contributed by atoms with Crippen LogP contribution in [0.4, 0.5) is 0 Å². The third kappa shape index (κ3) is 3.14. The van der Waals surface area contributed by atoms with Gasteiger partial charge in [-0.2, -0.15) is 0 Å². The number of aliphatic hydroxyl groups excluding tert-OH is 1. The molecule has 0 aliphatic rings. The Morgan fingerprint density at radius 3 is 2.37 bits per heavy atom. The summed E-state index contributed by atoms with van der Waals surface area (Å²) in [6.45, 7) is 4.11. The number of sulfonamides is 1. The van der Waals surface area contributed by atoms with Crippen molar-refractivity contribution in [3.63, 3.8) is 0 Å². The van der Waals surface area contributed by atoms with Crippen molar-refractivity contribution in [1.82, 2.24) is 4.72 Å². The summed E-state index contributed by atoms with van der Waals surface area (Å²) in [5, 5.41) is 18.1. The van der Waals surface area contributed by atoms with Crippen LogP contribution in [0.5, 0.6) is 0 Å². The van der Waals surface area contributed by atoms with Gasteiger partial charge in [0.2, 0.25) is 10.0 Å². The molecule has 0 fully saturated rings. The van der Waals surface area contributed by atoms with Gasteiger partial charge in [-0.3, -0.25) is 0 Å². The van der Waals surface area contributed by atoms with E-state index in [9.17, 15) is 13.2 Å². The highest BCUT2D eigenvalue weighted by atomic mass is 32.2. The van der Waals surface area contributed by atoms with Crippen molar-refractivity contribution >= 4 is 16.0 Å². The Kier molecular flexibility index (Phi) is 4.72. The number of aromatic carboxylic acids is 1. The Labute approximate surface area is 111 Å². The zero-order chi connectivity index (χ0) is 14.8. The zero-order valence-corrected chi connectivity index (χ0v) is 11.7. The molecule has 0 saturated heterocycles. The number of furan rings is 1. The molecule has 1 unspecified atom stereocenters. The molecular weight excluding hydrogens is 274 g/mol. The molecule has 0 spiro atoms. The normalized spacial score (nSPS) is 13.5. The second-order valence-corrected chi connectivity index (χ2v) is 5.78. The minimum atomic E-state index is -4.05. The zero-order valence-electron chi connectivity index (χ0n) is 10.9. The third-order valence-corrected chi connectivity index (χ3v) is 4.40. The summed E-state index contributed by atoms with van der Waals surface area (Å²) in [7, 11) is -4.05. The molecule has 1 rings (SSSR count). The molecule has 1 atom stereocenters. The molecule has 0 radical (unpaired) electrons. The first-order valence-corrected chi connectivity index (χ1v) is 7.19. The molecule has 1 heterocycles. The van der Waals surface area contributed by atoms with Crippen LogP contribution in [0.1, 0.15) is 35.2 Å². The molecule has 0 aliphatic heterocycles. The van der Waals surface area contributed by atoms with Crippen LogP contribution in [-0.4, -0.2) is 37.2 Å². The van der Waals surface area contributed by atoms with Gasteiger partial charge in [-0.25, -0.2) is 17.9 Å². The van der Waals surface area contributed by atoms with Crippen molar-refractivity contribution in [3.05, 3.63) is 17.1 Å². The summed E-state index contributed by atoms with van der Waals surface area (Å²) < 4.78 is 31.7. The Hall–Kier alpha value is -1.38. The molecule has 0 saturated carbocycles. The van der Waals surface area contributed by atoms with Gasteiger partial charge in [0.05, 0.1) is 6.61 Å². The number of nitrogens with one attached hydrogen (secondary N) is 1. The molecule has 19 heavy (non-hydrogen) atoms. The minimum Gasteiger partial charge on any atom is -0.478 e. The first kappa shape index (κ1) is 15.7. The van der Waals surface area contributed by atoms with Gasteiger partial charge in [-0.15, -0.1) is 0 Å². The predicted octanol–water partition coefficient (Wildman–Crippen LogP) is 0.644. The van der Waals surface area contributed by atoms with E-state index < -0.39 is 22.0 Å². The quantitative estimate of drug-likeness (QED) is 0.708. The highest BCUT2D eigenvalue weighted by Crippen LogP contribution is 2.26. The second kappa shape index (κ2) is 5.72. The molecule has 8 heteroatoms. The van der Waals surface area contributed by atoms with E-state index in [1.54, 1.807) is 6.92 Å². The van der Waals surface area contributed by atoms with Gasteiger partial charge in [-0.1, -0.05) is 6.92 Å². The number of aryl methyl sites for hydroxylation is 2. The van der Waals surface area contributed by atoms with Gasteiger partial charge in [-0.05, 0) is 20.3 Å². The monoisotopic (exact) mass is 291 g/mol. The molecule has 0 aliphatic carbocycles. The number of carboxylic acid groups (broad SMARTS) is 1. The van der Waals surface area contributed by atoms with E-state index in [1.165, 1.54) is 13.8 Å². The topological polar surface area (TPSA) is 117 Å². The molecule has 0 amide bonds. The smallest absolute Gasteiger partial charge is 0.340 e. The average molecular weight is 291 g/mol. The van der Waals surface area contributed by atoms with Crippen LogP contribution in [-0.2, 0) is 10.0 Å². The predicted molar refractivity (Wildman–Crippen MR) is 66.6 cm³/mol. The number of carbonyl (C=O) groups is 1. The van der Waals surface area contributed by atoms with Crippen LogP contribution in [0.2, 0.25) is 0 Å². The van der Waals surface area contributed by atoms with Crippen molar-refractivity contribution < 1.29 is 27.8 Å². The summed E-state index contributed by atoms with van der Waals surface area (Å²) in [5.74, 6) is -1.33. The van der Waals surface area contributed by atoms with Crippen LogP contribution >= 0.6 is 0 Å². The fourth-order valence-corrected chi connectivity index (χ4v) is 3.48. The SMILES string of the molecule is CCC(CO)NS(=O)(=O)c1c(C)oc(C)c1C(=O)O. The Morgan fingerprint density at radius 1 is 1.37 bits per heavy atom. The Balaban J connectivity index is 3.33. The first-order chi connectivity index (χ1) is 8.74. The molecule has 0 bridgehead atoms. The maximum atomic E-state index is 12.2. The fourth-order valence-electron chi connectivity index (χ4n) is 1.76.